The number of rotatable bonds is 4. The van der Waals surface area contributed by atoms with Crippen LogP contribution < -0.4 is 0 Å². The van der Waals surface area contributed by atoms with Crippen LogP contribution in [0.5, 0.6) is 5.75 Å². The Morgan fingerprint density at radius 1 is 1.32 bits per heavy atom. The van der Waals surface area contributed by atoms with E-state index < -0.39 is 0 Å². The first kappa shape index (κ1) is 18.6. The molecule has 5 nitrogen and oxygen atoms in total. The van der Waals surface area contributed by atoms with Gasteiger partial charge in [0.15, 0.2) is 6.54 Å². The van der Waals surface area contributed by atoms with Crippen molar-refractivity contribution in [2.24, 2.45) is 4.99 Å². The van der Waals surface area contributed by atoms with E-state index in [0.717, 1.165) is 13.0 Å². The zero-order valence-electron chi connectivity index (χ0n) is 12.1. The summed E-state index contributed by atoms with van der Waals surface area (Å²) in [5.74, 6) is 0.129. The molecule has 1 amide bonds. The number of hydrogen-bond donors (Lipinski definition) is 2. The van der Waals surface area contributed by atoms with E-state index >= 15 is 0 Å². The number of aliphatic hydroxyl groups excluding tert-OH is 1. The molecule has 0 aromatic heterocycles. The molecule has 0 aliphatic carbocycles. The first-order valence-corrected chi connectivity index (χ1v) is 7.64. The van der Waals surface area contributed by atoms with E-state index in [0.29, 0.717) is 28.7 Å². The lowest BCUT2D eigenvalue weighted by atomic mass is 10.2. The van der Waals surface area contributed by atoms with Gasteiger partial charge in [-0.3, -0.25) is 4.79 Å². The number of hydrogen-bond acceptors (Lipinski definition) is 3. The summed E-state index contributed by atoms with van der Waals surface area (Å²) < 4.78 is 2.10. The van der Waals surface area contributed by atoms with Crippen molar-refractivity contribution in [1.82, 2.24) is 0 Å². The average molecular weight is 346 g/mol. The summed E-state index contributed by atoms with van der Waals surface area (Å²) in [6.07, 6.45) is 6.08. The smallest absolute Gasteiger partial charge is 0.233 e. The molecule has 120 valence electrons. The Morgan fingerprint density at radius 2 is 2.09 bits per heavy atom. The van der Waals surface area contributed by atoms with Crippen molar-refractivity contribution in [2.75, 3.05) is 19.7 Å². The molecule has 0 bridgehead atoms. The molecule has 0 saturated heterocycles. The highest BCUT2D eigenvalue weighted by Crippen LogP contribution is 2.24. The topological polar surface area (TPSA) is 72.9 Å². The molecule has 2 N–H and O–H groups in total. The molecule has 1 heterocycles. The van der Waals surface area contributed by atoms with E-state index in [1.54, 1.807) is 6.07 Å². The van der Waals surface area contributed by atoms with Gasteiger partial charge in [-0.25, -0.2) is 9.57 Å². The largest absolute Gasteiger partial charge is 0.508 e. The number of phenolic OH excluding ortho intramolecular Hbond substituents is 1. The fourth-order valence-electron chi connectivity index (χ4n) is 1.89. The predicted octanol–water partition coefficient (Wildman–Crippen LogP) is 2.54. The lowest BCUT2D eigenvalue weighted by Gasteiger charge is -2.07. The van der Waals surface area contributed by atoms with E-state index in [1.165, 1.54) is 25.0 Å². The number of phenols is 1. The van der Waals surface area contributed by atoms with Gasteiger partial charge in [0.2, 0.25) is 6.41 Å². The van der Waals surface area contributed by atoms with Crippen LogP contribution in [-0.2, 0) is 4.79 Å². The molecule has 0 radical (unpaired) electrons. The molecule has 1 aliphatic rings. The van der Waals surface area contributed by atoms with Crippen LogP contribution in [0.15, 0.2) is 23.2 Å². The van der Waals surface area contributed by atoms with E-state index in [9.17, 15) is 4.79 Å². The quantitative estimate of drug-likeness (QED) is 0.500. The summed E-state index contributed by atoms with van der Waals surface area (Å²) in [6.45, 7) is 1.44. The SMILES string of the molecule is O=CN=C(CO)C[N+]1=CCCCC1.Oc1ccc(Cl)c(Cl)c1. The summed E-state index contributed by atoms with van der Waals surface area (Å²) in [5, 5.41) is 18.5. The number of aromatic hydroxyl groups is 1. The molecule has 0 atom stereocenters. The lowest BCUT2D eigenvalue weighted by Crippen LogP contribution is -2.27. The van der Waals surface area contributed by atoms with Crippen molar-refractivity contribution in [3.05, 3.63) is 28.2 Å². The van der Waals surface area contributed by atoms with Crippen LogP contribution in [0.4, 0.5) is 0 Å². The van der Waals surface area contributed by atoms with Crippen LogP contribution in [0.2, 0.25) is 10.0 Å². The summed E-state index contributed by atoms with van der Waals surface area (Å²) in [7, 11) is 0. The van der Waals surface area contributed by atoms with Crippen LogP contribution in [0.3, 0.4) is 0 Å². The fraction of sp³-hybridized carbons (Fsp3) is 0.400. The Kier molecular flexibility index (Phi) is 8.74. The van der Waals surface area contributed by atoms with E-state index in [-0.39, 0.29) is 12.4 Å². The molecule has 0 unspecified atom stereocenters. The summed E-state index contributed by atoms with van der Waals surface area (Å²) in [6, 6.07) is 4.41. The zero-order valence-corrected chi connectivity index (χ0v) is 13.6. The van der Waals surface area contributed by atoms with Crippen molar-refractivity contribution in [2.45, 2.75) is 19.3 Å². The Labute approximate surface area is 139 Å². The summed E-state index contributed by atoms with van der Waals surface area (Å²) in [4.78, 5) is 13.6. The van der Waals surface area contributed by atoms with Gasteiger partial charge in [0.25, 0.3) is 0 Å². The van der Waals surface area contributed by atoms with Crippen molar-refractivity contribution in [3.8, 4) is 5.75 Å². The highest BCUT2D eigenvalue weighted by molar-refractivity contribution is 6.42. The van der Waals surface area contributed by atoms with Crippen molar-refractivity contribution >= 4 is 41.5 Å². The number of carbonyl (C=O) groups excluding carboxylic acids is 1. The van der Waals surface area contributed by atoms with Gasteiger partial charge in [0, 0.05) is 12.8 Å². The predicted molar refractivity (Wildman–Crippen MR) is 88.6 cm³/mol. The highest BCUT2D eigenvalue weighted by atomic mass is 35.5. The monoisotopic (exact) mass is 345 g/mol. The molecule has 1 aromatic carbocycles. The fourth-order valence-corrected chi connectivity index (χ4v) is 2.19. The highest BCUT2D eigenvalue weighted by Gasteiger charge is 2.12. The van der Waals surface area contributed by atoms with Crippen LogP contribution in [0.1, 0.15) is 19.3 Å². The molecule has 0 saturated carbocycles. The number of halogens is 2. The number of amides is 1. The molecule has 22 heavy (non-hydrogen) atoms. The van der Waals surface area contributed by atoms with E-state index in [2.05, 4.69) is 15.8 Å². The third kappa shape index (κ3) is 7.02. The van der Waals surface area contributed by atoms with Gasteiger partial charge in [0.1, 0.15) is 24.2 Å². The number of nitrogens with zero attached hydrogens (tertiary/aromatic N) is 2. The van der Waals surface area contributed by atoms with E-state index in [4.69, 9.17) is 33.4 Å². The number of aliphatic imine (C=N–C) groups is 1. The van der Waals surface area contributed by atoms with Crippen molar-refractivity contribution < 1.29 is 19.6 Å². The Balaban J connectivity index is 0.000000235. The molecule has 7 heteroatoms. The van der Waals surface area contributed by atoms with Gasteiger partial charge in [-0.05, 0) is 24.6 Å². The number of benzene rings is 1. The normalized spacial score (nSPS) is 14.7. The molecule has 1 aromatic rings. The van der Waals surface area contributed by atoms with Gasteiger partial charge in [-0.2, -0.15) is 0 Å². The van der Waals surface area contributed by atoms with Gasteiger partial charge < -0.3 is 10.2 Å². The number of carbonyl (C=O) groups is 1. The Morgan fingerprint density at radius 3 is 2.59 bits per heavy atom. The maximum Gasteiger partial charge on any atom is 0.233 e. The molecular formula is C15H19Cl2N2O3+. The Bertz CT molecular complexity index is 560. The molecule has 0 spiro atoms. The minimum Gasteiger partial charge on any atom is -0.508 e. The third-order valence-electron chi connectivity index (χ3n) is 2.99. The maximum absolute atomic E-state index is 10.1. The van der Waals surface area contributed by atoms with Gasteiger partial charge in [-0.15, -0.1) is 0 Å². The zero-order chi connectivity index (χ0) is 16.4. The third-order valence-corrected chi connectivity index (χ3v) is 3.73. The second-order valence-electron chi connectivity index (χ2n) is 4.71. The molecule has 2 rings (SSSR count). The summed E-state index contributed by atoms with van der Waals surface area (Å²) in [5.41, 5.74) is 0.535. The van der Waals surface area contributed by atoms with Gasteiger partial charge >= 0.3 is 0 Å². The standard InChI is InChI=1S/C9H15N2O2.C6H4Cl2O/c12-7-9(10-8-13)6-11-4-2-1-3-5-11;7-5-2-1-4(9)3-6(5)8/h4,8,12H,1-3,5-7H2;1-3,9H/q+1;. The summed E-state index contributed by atoms with van der Waals surface area (Å²) >= 11 is 11.1. The molecule has 0 fully saturated rings. The number of aliphatic hydroxyl groups is 1. The van der Waals surface area contributed by atoms with Crippen LogP contribution in [-0.4, -0.2) is 52.8 Å². The van der Waals surface area contributed by atoms with Crippen molar-refractivity contribution in [3.63, 3.8) is 0 Å². The average Bonchev–Trinajstić information content (AvgIpc) is 2.52. The second-order valence-corrected chi connectivity index (χ2v) is 5.52. The molecule has 1 aliphatic heterocycles. The minimum atomic E-state index is -0.136. The Hall–Kier alpha value is -1.43. The van der Waals surface area contributed by atoms with Crippen LogP contribution in [0.25, 0.3) is 0 Å². The second kappa shape index (κ2) is 10.3. The van der Waals surface area contributed by atoms with Crippen LogP contribution in [0, 0.1) is 0 Å². The van der Waals surface area contributed by atoms with Gasteiger partial charge in [-0.1, -0.05) is 23.2 Å². The first-order chi connectivity index (χ1) is 10.6. The first-order valence-electron chi connectivity index (χ1n) is 6.88. The van der Waals surface area contributed by atoms with Crippen LogP contribution >= 0.6 is 23.2 Å². The van der Waals surface area contributed by atoms with Gasteiger partial charge in [0.05, 0.1) is 16.7 Å². The maximum atomic E-state index is 10.1. The van der Waals surface area contributed by atoms with Crippen molar-refractivity contribution in [1.29, 1.82) is 0 Å². The molecular weight excluding hydrogens is 327 g/mol. The lowest BCUT2D eigenvalue weighted by molar-refractivity contribution is -0.513. The minimum absolute atomic E-state index is 0.129. The van der Waals surface area contributed by atoms with E-state index in [1.807, 2.05) is 0 Å².